The number of aryl methyl sites for hydroxylation is 1. The number of hydrogen-bond donors (Lipinski definition) is 1. The van der Waals surface area contributed by atoms with Crippen molar-refractivity contribution < 1.29 is 9.32 Å². The minimum absolute atomic E-state index is 0.0250. The Morgan fingerprint density at radius 1 is 1.33 bits per heavy atom. The van der Waals surface area contributed by atoms with Crippen molar-refractivity contribution in [1.29, 1.82) is 0 Å². The lowest BCUT2D eigenvalue weighted by atomic mass is 9.89. The van der Waals surface area contributed by atoms with Crippen LogP contribution in [-0.4, -0.2) is 32.4 Å². The summed E-state index contributed by atoms with van der Waals surface area (Å²) < 4.78 is 8.05. The van der Waals surface area contributed by atoms with Crippen molar-refractivity contribution in [3.05, 3.63) is 26.7 Å². The molecule has 7 nitrogen and oxygen atoms in total. The maximum Gasteiger partial charge on any atom is 0.316 e. The molecule has 2 aromatic rings. The Morgan fingerprint density at radius 2 is 2.08 bits per heavy atom. The molecule has 0 spiro atoms. The van der Waals surface area contributed by atoms with Gasteiger partial charge < -0.3 is 9.84 Å². The molecule has 0 saturated heterocycles. The minimum Gasteiger partial charge on any atom is -0.348 e. The second-order valence-corrected chi connectivity index (χ2v) is 7.45. The van der Waals surface area contributed by atoms with Crippen LogP contribution in [-0.2, 0) is 6.54 Å². The van der Waals surface area contributed by atoms with E-state index in [1.165, 1.54) is 32.1 Å². The molecule has 24 heavy (non-hydrogen) atoms. The van der Waals surface area contributed by atoms with Gasteiger partial charge in [0.2, 0.25) is 0 Å². The van der Waals surface area contributed by atoms with E-state index in [1.54, 1.807) is 0 Å². The molecule has 2 aromatic heterocycles. The lowest BCUT2D eigenvalue weighted by molar-refractivity contribution is 0.0899. The standard InChI is InChI=1S/C16H22IN5O2/c1-10-14(17)11(2)22(20-10)9-13-19-16(24-21-13)15(23)18-8-12-6-4-3-5-7-12/h12H,3-9H2,1-2H3,(H,18,23). The molecule has 0 atom stereocenters. The third-order valence-electron chi connectivity index (χ3n) is 4.52. The van der Waals surface area contributed by atoms with Crippen LogP contribution in [0.25, 0.3) is 0 Å². The minimum atomic E-state index is -0.290. The van der Waals surface area contributed by atoms with E-state index in [0.29, 0.717) is 24.8 Å². The van der Waals surface area contributed by atoms with Gasteiger partial charge >= 0.3 is 11.8 Å². The molecule has 2 heterocycles. The number of halogens is 1. The van der Waals surface area contributed by atoms with Gasteiger partial charge in [0.25, 0.3) is 0 Å². The number of nitrogens with zero attached hydrogens (tertiary/aromatic N) is 4. The van der Waals surface area contributed by atoms with Crippen LogP contribution in [0.5, 0.6) is 0 Å². The van der Waals surface area contributed by atoms with Crippen molar-refractivity contribution >= 4 is 28.5 Å². The number of rotatable bonds is 5. The number of carbonyl (C=O) groups excluding carboxylic acids is 1. The van der Waals surface area contributed by atoms with Crippen LogP contribution >= 0.6 is 22.6 Å². The van der Waals surface area contributed by atoms with Gasteiger partial charge in [0.15, 0.2) is 5.82 Å². The summed E-state index contributed by atoms with van der Waals surface area (Å²) in [5.74, 6) is 0.765. The smallest absolute Gasteiger partial charge is 0.316 e. The van der Waals surface area contributed by atoms with E-state index in [9.17, 15) is 4.79 Å². The summed E-state index contributed by atoms with van der Waals surface area (Å²) in [6, 6.07) is 0. The van der Waals surface area contributed by atoms with E-state index >= 15 is 0 Å². The summed E-state index contributed by atoms with van der Waals surface area (Å²) in [5, 5.41) is 11.3. The van der Waals surface area contributed by atoms with Crippen molar-refractivity contribution in [2.45, 2.75) is 52.5 Å². The van der Waals surface area contributed by atoms with Crippen molar-refractivity contribution in [1.82, 2.24) is 25.2 Å². The molecule has 130 valence electrons. The second kappa shape index (κ2) is 7.62. The summed E-state index contributed by atoms with van der Waals surface area (Å²) in [5.41, 5.74) is 2.03. The zero-order chi connectivity index (χ0) is 17.1. The van der Waals surface area contributed by atoms with Crippen molar-refractivity contribution in [3.8, 4) is 0 Å². The van der Waals surface area contributed by atoms with E-state index in [-0.39, 0.29) is 11.8 Å². The molecule has 1 amide bonds. The Morgan fingerprint density at radius 3 is 2.75 bits per heavy atom. The first-order chi connectivity index (χ1) is 11.5. The highest BCUT2D eigenvalue weighted by atomic mass is 127. The summed E-state index contributed by atoms with van der Waals surface area (Å²) in [7, 11) is 0. The van der Waals surface area contributed by atoms with Crippen molar-refractivity contribution in [3.63, 3.8) is 0 Å². The van der Waals surface area contributed by atoms with Gasteiger partial charge in [-0.1, -0.05) is 24.4 Å². The van der Waals surface area contributed by atoms with E-state index in [0.717, 1.165) is 15.0 Å². The lowest BCUT2D eigenvalue weighted by Gasteiger charge is -2.21. The van der Waals surface area contributed by atoms with Crippen molar-refractivity contribution in [2.75, 3.05) is 6.54 Å². The molecule has 0 aliphatic heterocycles. The Balaban J connectivity index is 1.58. The van der Waals surface area contributed by atoms with Gasteiger partial charge in [0.05, 0.1) is 9.26 Å². The molecule has 0 unspecified atom stereocenters. The molecule has 0 radical (unpaired) electrons. The SMILES string of the molecule is Cc1nn(Cc2noc(C(=O)NCC3CCCCC3)n2)c(C)c1I. The zero-order valence-corrected chi connectivity index (χ0v) is 16.2. The van der Waals surface area contributed by atoms with Crippen LogP contribution in [0, 0.1) is 23.3 Å². The highest BCUT2D eigenvalue weighted by Crippen LogP contribution is 2.22. The van der Waals surface area contributed by atoms with Crippen LogP contribution in [0.3, 0.4) is 0 Å². The fourth-order valence-corrected chi connectivity index (χ4v) is 3.46. The van der Waals surface area contributed by atoms with Gasteiger partial charge in [-0.05, 0) is 55.2 Å². The van der Waals surface area contributed by atoms with Crippen LogP contribution < -0.4 is 5.32 Å². The van der Waals surface area contributed by atoms with Gasteiger partial charge in [0.1, 0.15) is 6.54 Å². The summed E-state index contributed by atoms with van der Waals surface area (Å²) >= 11 is 2.27. The Labute approximate surface area is 154 Å². The molecule has 1 N–H and O–H groups in total. The van der Waals surface area contributed by atoms with E-state index < -0.39 is 0 Å². The predicted molar refractivity (Wildman–Crippen MR) is 96.7 cm³/mol. The van der Waals surface area contributed by atoms with Gasteiger partial charge in [-0.25, -0.2) is 0 Å². The molecular weight excluding hydrogens is 421 g/mol. The summed E-state index contributed by atoms with van der Waals surface area (Å²) in [6.07, 6.45) is 6.19. The first-order valence-corrected chi connectivity index (χ1v) is 9.42. The number of amides is 1. The highest BCUT2D eigenvalue weighted by Gasteiger charge is 2.19. The normalized spacial score (nSPS) is 15.6. The third kappa shape index (κ3) is 3.96. The van der Waals surface area contributed by atoms with Crippen molar-refractivity contribution in [2.24, 2.45) is 5.92 Å². The summed E-state index contributed by atoms with van der Waals surface area (Å²) in [4.78, 5) is 16.3. The van der Waals surface area contributed by atoms with Gasteiger partial charge in [-0.3, -0.25) is 9.48 Å². The molecule has 0 aromatic carbocycles. The highest BCUT2D eigenvalue weighted by molar-refractivity contribution is 14.1. The molecule has 1 aliphatic rings. The lowest BCUT2D eigenvalue weighted by Crippen LogP contribution is -2.30. The topological polar surface area (TPSA) is 85.8 Å². The van der Waals surface area contributed by atoms with E-state index in [4.69, 9.17) is 4.52 Å². The average Bonchev–Trinajstić information content (AvgIpc) is 3.15. The molecule has 1 saturated carbocycles. The van der Waals surface area contributed by atoms with Crippen LogP contribution in [0.4, 0.5) is 0 Å². The third-order valence-corrected chi connectivity index (χ3v) is 6.08. The first-order valence-electron chi connectivity index (χ1n) is 8.35. The Kier molecular flexibility index (Phi) is 5.52. The fourth-order valence-electron chi connectivity index (χ4n) is 3.08. The molecular formula is C16H22IN5O2. The van der Waals surface area contributed by atoms with Crippen LogP contribution in [0.2, 0.25) is 0 Å². The quantitative estimate of drug-likeness (QED) is 0.719. The van der Waals surface area contributed by atoms with Crippen LogP contribution in [0.15, 0.2) is 4.52 Å². The fraction of sp³-hybridized carbons (Fsp3) is 0.625. The molecule has 8 heteroatoms. The maximum absolute atomic E-state index is 12.1. The number of nitrogens with one attached hydrogen (secondary N) is 1. The van der Waals surface area contributed by atoms with E-state index in [2.05, 4.69) is 43.1 Å². The number of carbonyl (C=O) groups is 1. The summed E-state index contributed by atoms with van der Waals surface area (Å²) in [6.45, 7) is 5.05. The maximum atomic E-state index is 12.1. The van der Waals surface area contributed by atoms with Gasteiger partial charge in [0, 0.05) is 12.2 Å². The average molecular weight is 443 g/mol. The molecule has 1 aliphatic carbocycles. The second-order valence-electron chi connectivity index (χ2n) is 6.37. The number of aromatic nitrogens is 4. The largest absolute Gasteiger partial charge is 0.348 e. The molecule has 1 fully saturated rings. The Hall–Kier alpha value is -1.45. The monoisotopic (exact) mass is 443 g/mol. The molecule has 3 rings (SSSR count). The number of hydrogen-bond acceptors (Lipinski definition) is 5. The van der Waals surface area contributed by atoms with Gasteiger partial charge in [-0.2, -0.15) is 10.1 Å². The van der Waals surface area contributed by atoms with Crippen LogP contribution in [0.1, 0.15) is 60.0 Å². The zero-order valence-electron chi connectivity index (χ0n) is 14.0. The van der Waals surface area contributed by atoms with Gasteiger partial charge in [-0.15, -0.1) is 0 Å². The van der Waals surface area contributed by atoms with E-state index in [1.807, 2.05) is 18.5 Å². The predicted octanol–water partition coefficient (Wildman–Crippen LogP) is 2.85. The first kappa shape index (κ1) is 17.4. The Bertz CT molecular complexity index is 718. The molecule has 0 bridgehead atoms.